The first-order valence-corrected chi connectivity index (χ1v) is 7.91. The molecule has 2 rings (SSSR count). The Morgan fingerprint density at radius 1 is 1.04 bits per heavy atom. The summed E-state index contributed by atoms with van der Waals surface area (Å²) in [6.45, 7) is 6.29. The summed E-state index contributed by atoms with van der Waals surface area (Å²) in [5.74, 6) is 0.181. The van der Waals surface area contributed by atoms with Crippen molar-refractivity contribution in [3.8, 4) is 5.75 Å². The minimum absolute atomic E-state index is 0.132. The van der Waals surface area contributed by atoms with E-state index < -0.39 is 0 Å². The van der Waals surface area contributed by atoms with Crippen molar-refractivity contribution >= 4 is 17.1 Å². The molecule has 0 unspecified atom stereocenters. The molecule has 0 fully saturated rings. The third-order valence-corrected chi connectivity index (χ3v) is 3.56. The van der Waals surface area contributed by atoms with Gasteiger partial charge in [-0.15, -0.1) is 0 Å². The van der Waals surface area contributed by atoms with Crippen molar-refractivity contribution in [1.82, 2.24) is 0 Å². The van der Waals surface area contributed by atoms with Crippen molar-refractivity contribution in [2.24, 2.45) is 0 Å². The molecular weight excluding hydrogens is 302 g/mol. The van der Waals surface area contributed by atoms with Crippen molar-refractivity contribution in [3.05, 3.63) is 47.6 Å². The van der Waals surface area contributed by atoms with E-state index >= 15 is 0 Å². The van der Waals surface area contributed by atoms with E-state index in [0.29, 0.717) is 12.1 Å². The molecule has 1 aromatic carbocycles. The number of aliphatic hydroxyl groups is 1. The van der Waals surface area contributed by atoms with Gasteiger partial charge in [-0.25, -0.2) is 0 Å². The third-order valence-electron chi connectivity index (χ3n) is 3.56. The molecule has 130 valence electrons. The Bertz CT molecular complexity index is 646. The molecule has 5 heteroatoms. The second kappa shape index (κ2) is 8.45. The number of hydrogen-bond acceptors (Lipinski definition) is 5. The Kier molecular flexibility index (Phi) is 6.92. The quantitative estimate of drug-likeness (QED) is 0.333. The lowest BCUT2D eigenvalue weighted by molar-refractivity contribution is 0.288. The van der Waals surface area contributed by atoms with Gasteiger partial charge in [-0.2, -0.15) is 0 Å². The van der Waals surface area contributed by atoms with Crippen molar-refractivity contribution in [2.75, 3.05) is 12.3 Å². The van der Waals surface area contributed by atoms with Crippen molar-refractivity contribution in [2.45, 2.75) is 39.0 Å². The number of nitrogens with one attached hydrogen (secondary N) is 2. The number of aliphatic hydroxyl groups excluding tert-OH is 1. The Morgan fingerprint density at radius 3 is 2.00 bits per heavy atom. The summed E-state index contributed by atoms with van der Waals surface area (Å²) in [5.41, 5.74) is 8.56. The van der Waals surface area contributed by atoms with Gasteiger partial charge in [0, 0.05) is 12.2 Å². The number of phenolic OH excluding ortho intramolecular Hbond substituents is 1. The van der Waals surface area contributed by atoms with Crippen LogP contribution in [-0.2, 0) is 11.8 Å². The van der Waals surface area contributed by atoms with Crippen LogP contribution in [0.1, 0.15) is 38.3 Å². The lowest BCUT2D eigenvalue weighted by Crippen LogP contribution is -2.13. The second-order valence-electron chi connectivity index (χ2n) is 6.70. The summed E-state index contributed by atoms with van der Waals surface area (Å²) < 4.78 is 0. The first-order chi connectivity index (χ1) is 11.2. The number of aromatic hydroxyl groups is 1. The van der Waals surface area contributed by atoms with Crippen molar-refractivity contribution < 1.29 is 10.2 Å². The van der Waals surface area contributed by atoms with Gasteiger partial charge in [0.05, 0.1) is 17.1 Å². The molecule has 1 aromatic rings. The highest BCUT2D eigenvalue weighted by atomic mass is 16.3. The number of rotatable bonds is 3. The van der Waals surface area contributed by atoms with Crippen LogP contribution < -0.4 is 5.73 Å². The molecule has 0 saturated heterocycles. The van der Waals surface area contributed by atoms with E-state index in [0.717, 1.165) is 17.5 Å². The minimum Gasteiger partial charge on any atom is -0.505 e. The lowest BCUT2D eigenvalue weighted by Gasteiger charge is -2.22. The molecule has 0 amide bonds. The van der Waals surface area contributed by atoms with Gasteiger partial charge in [0.25, 0.3) is 0 Å². The van der Waals surface area contributed by atoms with Crippen molar-refractivity contribution in [1.29, 1.82) is 10.8 Å². The molecule has 0 saturated carbocycles. The Labute approximate surface area is 143 Å². The number of allylic oxidation sites excluding steroid dienone is 4. The number of benzene rings is 1. The van der Waals surface area contributed by atoms with E-state index in [1.807, 2.05) is 26.8 Å². The van der Waals surface area contributed by atoms with Crippen LogP contribution in [0.5, 0.6) is 5.75 Å². The first kappa shape index (κ1) is 19.6. The zero-order valence-corrected chi connectivity index (χ0v) is 14.6. The number of anilines is 1. The lowest BCUT2D eigenvalue weighted by atomic mass is 9.84. The molecule has 0 atom stereocenters. The molecule has 0 bridgehead atoms. The number of aryl methyl sites for hydroxylation is 1. The third kappa shape index (κ3) is 5.66. The van der Waals surface area contributed by atoms with Gasteiger partial charge in [0.1, 0.15) is 5.75 Å². The summed E-state index contributed by atoms with van der Waals surface area (Å²) in [6, 6.07) is 3.75. The van der Waals surface area contributed by atoms with Crippen LogP contribution in [0.4, 0.5) is 5.69 Å². The van der Waals surface area contributed by atoms with E-state index in [9.17, 15) is 5.11 Å². The summed E-state index contributed by atoms with van der Waals surface area (Å²) >= 11 is 0. The predicted molar refractivity (Wildman–Crippen MR) is 100 cm³/mol. The van der Waals surface area contributed by atoms with Crippen LogP contribution in [0.15, 0.2) is 36.4 Å². The Balaban J connectivity index is 0.000000300. The molecular formula is C19H27N3O2. The summed E-state index contributed by atoms with van der Waals surface area (Å²) in [7, 11) is 0. The maximum atomic E-state index is 9.91. The molecule has 0 aliphatic heterocycles. The zero-order chi connectivity index (χ0) is 18.3. The maximum absolute atomic E-state index is 9.91. The number of nitrogens with two attached hydrogens (primary N) is 1. The smallest absolute Gasteiger partial charge is 0.142 e. The van der Waals surface area contributed by atoms with Crippen LogP contribution in [-0.4, -0.2) is 28.2 Å². The van der Waals surface area contributed by atoms with Gasteiger partial charge in [0.2, 0.25) is 0 Å². The Hall–Kier alpha value is -2.40. The molecule has 0 aromatic heterocycles. The number of hydrogen-bond donors (Lipinski definition) is 5. The molecule has 1 aliphatic rings. The van der Waals surface area contributed by atoms with Gasteiger partial charge in [-0.3, -0.25) is 10.8 Å². The SMILES string of the molecule is CC(C)(C)c1cc(CCCO)cc(N)c1O.N=C1C=CC=CC1=N. The highest BCUT2D eigenvalue weighted by Gasteiger charge is 2.20. The van der Waals surface area contributed by atoms with Gasteiger partial charge in [0.15, 0.2) is 0 Å². The summed E-state index contributed by atoms with van der Waals surface area (Å²) in [4.78, 5) is 0. The summed E-state index contributed by atoms with van der Waals surface area (Å²) in [6.07, 6.45) is 8.20. The fraction of sp³-hybridized carbons (Fsp3) is 0.368. The fourth-order valence-electron chi connectivity index (χ4n) is 2.20. The fourth-order valence-corrected chi connectivity index (χ4v) is 2.20. The number of phenols is 1. The second-order valence-corrected chi connectivity index (χ2v) is 6.70. The minimum atomic E-state index is -0.132. The highest BCUT2D eigenvalue weighted by Crippen LogP contribution is 2.36. The molecule has 0 heterocycles. The van der Waals surface area contributed by atoms with Crippen LogP contribution in [0.3, 0.4) is 0 Å². The molecule has 24 heavy (non-hydrogen) atoms. The largest absolute Gasteiger partial charge is 0.505 e. The zero-order valence-electron chi connectivity index (χ0n) is 14.6. The van der Waals surface area contributed by atoms with E-state index in [-0.39, 0.29) is 29.2 Å². The van der Waals surface area contributed by atoms with Crippen molar-refractivity contribution in [3.63, 3.8) is 0 Å². The van der Waals surface area contributed by atoms with Crippen LogP contribution in [0.2, 0.25) is 0 Å². The average Bonchev–Trinajstić information content (AvgIpc) is 2.51. The molecule has 1 aliphatic carbocycles. The van der Waals surface area contributed by atoms with Gasteiger partial charge >= 0.3 is 0 Å². The maximum Gasteiger partial charge on any atom is 0.142 e. The monoisotopic (exact) mass is 329 g/mol. The van der Waals surface area contributed by atoms with Crippen LogP contribution in [0, 0.1) is 10.8 Å². The Morgan fingerprint density at radius 2 is 1.58 bits per heavy atom. The summed E-state index contributed by atoms with van der Waals surface area (Å²) in [5, 5.41) is 32.8. The van der Waals surface area contributed by atoms with Crippen LogP contribution >= 0.6 is 0 Å². The van der Waals surface area contributed by atoms with Gasteiger partial charge < -0.3 is 15.9 Å². The van der Waals surface area contributed by atoms with E-state index in [1.165, 1.54) is 0 Å². The van der Waals surface area contributed by atoms with E-state index in [1.54, 1.807) is 30.4 Å². The standard InChI is InChI=1S/C13H21NO2.C6H6N2/c1-13(2,3)10-7-9(5-4-6-15)8-11(14)12(10)16;7-5-3-1-2-4-6(5)8/h7-8,15-16H,4-6,14H2,1-3H3;1-4,7-8H. The molecule has 6 N–H and O–H groups in total. The van der Waals surface area contributed by atoms with Gasteiger partial charge in [-0.05, 0) is 42.0 Å². The number of nitrogen functional groups attached to an aromatic ring is 1. The normalized spacial score (nSPS) is 13.7. The molecule has 0 spiro atoms. The van der Waals surface area contributed by atoms with Crippen LogP contribution in [0.25, 0.3) is 0 Å². The first-order valence-electron chi connectivity index (χ1n) is 7.91. The molecule has 0 radical (unpaired) electrons. The topological polar surface area (TPSA) is 114 Å². The van der Waals surface area contributed by atoms with E-state index in [4.69, 9.17) is 21.7 Å². The van der Waals surface area contributed by atoms with E-state index in [2.05, 4.69) is 0 Å². The molecule has 5 nitrogen and oxygen atoms in total. The predicted octanol–water partition coefficient (Wildman–Crippen LogP) is 3.35. The van der Waals surface area contributed by atoms with Gasteiger partial charge in [-0.1, -0.05) is 39.0 Å². The average molecular weight is 329 g/mol. The highest BCUT2D eigenvalue weighted by molar-refractivity contribution is 6.48.